The Labute approximate surface area is 119 Å². The number of rotatable bonds is 6. The van der Waals surface area contributed by atoms with Crippen LogP contribution in [0.15, 0.2) is 42.7 Å². The normalized spacial score (nSPS) is 10.8. The van der Waals surface area contributed by atoms with Crippen LogP contribution in [0.4, 0.5) is 0 Å². The molecular weight excluding hydrogens is 252 g/mol. The van der Waals surface area contributed by atoms with Crippen molar-refractivity contribution in [3.05, 3.63) is 53.9 Å². The fourth-order valence-corrected chi connectivity index (χ4v) is 2.13. The Hall–Kier alpha value is -2.07. The van der Waals surface area contributed by atoms with Crippen LogP contribution in [0.2, 0.25) is 0 Å². The summed E-state index contributed by atoms with van der Waals surface area (Å²) in [5.41, 5.74) is 2.09. The zero-order chi connectivity index (χ0) is 14.4. The van der Waals surface area contributed by atoms with Gasteiger partial charge in [-0.1, -0.05) is 19.1 Å². The number of nitrogens with zero attached hydrogens (tertiary/aromatic N) is 2. The molecule has 2 aromatic rings. The van der Waals surface area contributed by atoms with E-state index in [1.807, 2.05) is 24.3 Å². The van der Waals surface area contributed by atoms with Gasteiger partial charge in [0.1, 0.15) is 0 Å². The van der Waals surface area contributed by atoms with Crippen LogP contribution in [0, 0.1) is 0 Å². The van der Waals surface area contributed by atoms with E-state index in [0.29, 0.717) is 12.3 Å². The summed E-state index contributed by atoms with van der Waals surface area (Å²) in [6, 6.07) is 9.60. The third-order valence-electron chi connectivity index (χ3n) is 3.30. The van der Waals surface area contributed by atoms with E-state index in [-0.39, 0.29) is 5.75 Å². The molecule has 0 unspecified atom stereocenters. The Morgan fingerprint density at radius 2 is 1.90 bits per heavy atom. The summed E-state index contributed by atoms with van der Waals surface area (Å²) >= 11 is 0. The van der Waals surface area contributed by atoms with E-state index >= 15 is 0 Å². The summed E-state index contributed by atoms with van der Waals surface area (Å²) in [4.78, 5) is 6.28. The number of hydrogen-bond acceptors (Lipinski definition) is 4. The van der Waals surface area contributed by atoms with Gasteiger partial charge < -0.3 is 9.84 Å². The third kappa shape index (κ3) is 3.48. The van der Waals surface area contributed by atoms with E-state index < -0.39 is 0 Å². The molecule has 2 rings (SSSR count). The molecule has 0 atom stereocenters. The smallest absolute Gasteiger partial charge is 0.162 e. The highest BCUT2D eigenvalue weighted by Crippen LogP contribution is 2.30. The van der Waals surface area contributed by atoms with Gasteiger partial charge in [-0.15, -0.1) is 0 Å². The first kappa shape index (κ1) is 14.3. The summed E-state index contributed by atoms with van der Waals surface area (Å²) in [6.45, 7) is 4.52. The van der Waals surface area contributed by atoms with Gasteiger partial charge in [-0.2, -0.15) is 0 Å². The van der Waals surface area contributed by atoms with Crippen molar-refractivity contribution in [2.24, 2.45) is 0 Å². The van der Waals surface area contributed by atoms with Crippen molar-refractivity contribution >= 4 is 0 Å². The molecule has 1 N–H and O–H groups in total. The summed E-state index contributed by atoms with van der Waals surface area (Å²) in [5, 5.41) is 10.1. The number of ether oxygens (including phenoxy) is 1. The molecule has 4 nitrogen and oxygen atoms in total. The molecule has 0 aliphatic carbocycles. The van der Waals surface area contributed by atoms with Crippen LogP contribution < -0.4 is 4.74 Å². The van der Waals surface area contributed by atoms with Gasteiger partial charge in [0.05, 0.1) is 7.11 Å². The quantitative estimate of drug-likeness (QED) is 0.878. The zero-order valence-corrected chi connectivity index (χ0v) is 11.9. The predicted octanol–water partition coefficient (Wildman–Crippen LogP) is 2.82. The van der Waals surface area contributed by atoms with Gasteiger partial charge >= 0.3 is 0 Å². The van der Waals surface area contributed by atoms with Crippen molar-refractivity contribution in [1.29, 1.82) is 0 Å². The molecule has 1 aromatic heterocycles. The molecule has 0 saturated carbocycles. The second-order valence-corrected chi connectivity index (χ2v) is 4.63. The molecule has 0 aliphatic rings. The van der Waals surface area contributed by atoms with Crippen LogP contribution >= 0.6 is 0 Å². The van der Waals surface area contributed by atoms with E-state index in [4.69, 9.17) is 4.74 Å². The van der Waals surface area contributed by atoms with E-state index in [0.717, 1.165) is 18.7 Å². The maximum atomic E-state index is 10.1. The number of methoxy groups -OCH3 is 1. The van der Waals surface area contributed by atoms with Gasteiger partial charge in [-0.05, 0) is 30.3 Å². The molecule has 0 aliphatic heterocycles. The highest BCUT2D eigenvalue weighted by Gasteiger charge is 2.11. The zero-order valence-electron chi connectivity index (χ0n) is 11.9. The number of pyridine rings is 1. The van der Waals surface area contributed by atoms with Crippen molar-refractivity contribution in [3.63, 3.8) is 0 Å². The summed E-state index contributed by atoms with van der Waals surface area (Å²) in [6.07, 6.45) is 3.60. The van der Waals surface area contributed by atoms with Crippen LogP contribution in [0.1, 0.15) is 18.1 Å². The van der Waals surface area contributed by atoms with Crippen molar-refractivity contribution in [1.82, 2.24) is 9.88 Å². The fourth-order valence-electron chi connectivity index (χ4n) is 2.13. The number of phenolic OH excluding ortho intramolecular Hbond substituents is 1. The Bertz CT molecular complexity index is 543. The fraction of sp³-hybridized carbons (Fsp3) is 0.312. The molecule has 0 amide bonds. The average molecular weight is 272 g/mol. The number of aromatic hydroxyl groups is 1. The van der Waals surface area contributed by atoms with Gasteiger partial charge in [0, 0.05) is 31.0 Å². The predicted molar refractivity (Wildman–Crippen MR) is 78.7 cm³/mol. The van der Waals surface area contributed by atoms with E-state index in [2.05, 4.69) is 16.8 Å². The molecular formula is C16H20N2O2. The monoisotopic (exact) mass is 272 g/mol. The molecule has 0 saturated heterocycles. The molecule has 0 spiro atoms. The Balaban J connectivity index is 2.10. The van der Waals surface area contributed by atoms with Gasteiger partial charge in [0.15, 0.2) is 11.5 Å². The van der Waals surface area contributed by atoms with Crippen LogP contribution in [-0.4, -0.2) is 28.6 Å². The second-order valence-electron chi connectivity index (χ2n) is 4.63. The molecule has 1 aromatic carbocycles. The van der Waals surface area contributed by atoms with Crippen molar-refractivity contribution in [3.8, 4) is 11.5 Å². The number of benzene rings is 1. The average Bonchev–Trinajstić information content (AvgIpc) is 2.49. The first-order valence-corrected chi connectivity index (χ1v) is 6.70. The van der Waals surface area contributed by atoms with Gasteiger partial charge in [0.25, 0.3) is 0 Å². The Kier molecular flexibility index (Phi) is 4.96. The number of hydrogen-bond donors (Lipinski definition) is 1. The van der Waals surface area contributed by atoms with Gasteiger partial charge in [-0.25, -0.2) is 0 Å². The maximum absolute atomic E-state index is 10.1. The second kappa shape index (κ2) is 6.91. The molecule has 20 heavy (non-hydrogen) atoms. The number of para-hydroxylation sites is 1. The van der Waals surface area contributed by atoms with Crippen molar-refractivity contribution in [2.45, 2.75) is 20.0 Å². The van der Waals surface area contributed by atoms with Crippen molar-refractivity contribution in [2.75, 3.05) is 13.7 Å². The lowest BCUT2D eigenvalue weighted by atomic mass is 10.1. The van der Waals surface area contributed by atoms with Gasteiger partial charge in [-0.3, -0.25) is 9.88 Å². The molecule has 0 fully saturated rings. The van der Waals surface area contributed by atoms with E-state index in [9.17, 15) is 5.11 Å². The van der Waals surface area contributed by atoms with Crippen LogP contribution in [0.5, 0.6) is 11.5 Å². The number of phenols is 1. The molecule has 0 radical (unpaired) electrons. The van der Waals surface area contributed by atoms with E-state index in [1.165, 1.54) is 5.56 Å². The Morgan fingerprint density at radius 3 is 2.55 bits per heavy atom. The lowest BCUT2D eigenvalue weighted by Crippen LogP contribution is -2.22. The van der Waals surface area contributed by atoms with Gasteiger partial charge in [0.2, 0.25) is 0 Å². The minimum atomic E-state index is 0.225. The minimum absolute atomic E-state index is 0.225. The summed E-state index contributed by atoms with van der Waals surface area (Å²) in [7, 11) is 1.56. The highest BCUT2D eigenvalue weighted by atomic mass is 16.5. The lowest BCUT2D eigenvalue weighted by Gasteiger charge is -2.21. The first-order chi connectivity index (χ1) is 9.74. The van der Waals surface area contributed by atoms with Crippen molar-refractivity contribution < 1.29 is 9.84 Å². The largest absolute Gasteiger partial charge is 0.504 e. The topological polar surface area (TPSA) is 45.6 Å². The lowest BCUT2D eigenvalue weighted by molar-refractivity contribution is 0.265. The summed E-state index contributed by atoms with van der Waals surface area (Å²) in [5.74, 6) is 0.741. The Morgan fingerprint density at radius 1 is 1.15 bits per heavy atom. The van der Waals surface area contributed by atoms with Crippen LogP contribution in [0.25, 0.3) is 0 Å². The van der Waals surface area contributed by atoms with Crippen LogP contribution in [-0.2, 0) is 13.1 Å². The molecule has 106 valence electrons. The number of aromatic nitrogens is 1. The molecule has 4 heteroatoms. The standard InChI is InChI=1S/C16H20N2O2/c1-3-18(11-13-7-9-17-10-8-13)12-14-5-4-6-15(20-2)16(14)19/h4-10,19H,3,11-12H2,1-2H3. The molecule has 1 heterocycles. The molecule has 0 bridgehead atoms. The maximum Gasteiger partial charge on any atom is 0.162 e. The SMILES string of the molecule is CCN(Cc1ccncc1)Cc1cccc(OC)c1O. The minimum Gasteiger partial charge on any atom is -0.504 e. The van der Waals surface area contributed by atoms with E-state index in [1.54, 1.807) is 25.6 Å². The highest BCUT2D eigenvalue weighted by molar-refractivity contribution is 5.45. The van der Waals surface area contributed by atoms with Crippen LogP contribution in [0.3, 0.4) is 0 Å². The first-order valence-electron chi connectivity index (χ1n) is 6.70. The third-order valence-corrected chi connectivity index (χ3v) is 3.30. The summed E-state index contributed by atoms with van der Waals surface area (Å²) < 4.78 is 5.14.